The van der Waals surface area contributed by atoms with E-state index in [1.807, 2.05) is 19.0 Å². The molecule has 1 amide bonds. The van der Waals surface area contributed by atoms with Gasteiger partial charge in [-0.25, -0.2) is 4.98 Å². The standard InChI is InChI=1S/C19H23N7O2/c1-22-15-11-28-8-7-16(15)26(2)19-23-10-14(17(21)27)18(25-19)24-13-5-3-12(9-20)4-6-13/h3-6,10,15-16,22H,7-8,11H2,1-2H3,(H2,21,27)(H,23,24,25)/t15-,16+/m0/s1. The topological polar surface area (TPSA) is 129 Å². The summed E-state index contributed by atoms with van der Waals surface area (Å²) >= 11 is 0. The Hall–Kier alpha value is -3.22. The van der Waals surface area contributed by atoms with Crippen molar-refractivity contribution < 1.29 is 9.53 Å². The fraction of sp³-hybridized carbons (Fsp3) is 0.368. The van der Waals surface area contributed by atoms with Gasteiger partial charge in [-0.05, 0) is 37.7 Å². The van der Waals surface area contributed by atoms with E-state index in [1.165, 1.54) is 6.20 Å². The number of nitrogens with two attached hydrogens (primary N) is 1. The number of rotatable bonds is 6. The second kappa shape index (κ2) is 8.65. The molecule has 1 aromatic carbocycles. The Morgan fingerprint density at radius 1 is 1.39 bits per heavy atom. The zero-order valence-electron chi connectivity index (χ0n) is 15.8. The van der Waals surface area contributed by atoms with Crippen molar-refractivity contribution in [3.63, 3.8) is 0 Å². The third-order valence-electron chi connectivity index (χ3n) is 4.82. The summed E-state index contributed by atoms with van der Waals surface area (Å²) in [5.41, 5.74) is 6.91. The number of likely N-dealkylation sites (N-methyl/N-ethyl adjacent to an activating group) is 2. The molecule has 1 saturated heterocycles. The van der Waals surface area contributed by atoms with Crippen molar-refractivity contribution >= 4 is 23.4 Å². The fourth-order valence-electron chi connectivity index (χ4n) is 3.20. The highest BCUT2D eigenvalue weighted by molar-refractivity contribution is 5.98. The van der Waals surface area contributed by atoms with Crippen LogP contribution in [0.2, 0.25) is 0 Å². The molecule has 3 rings (SSSR count). The third kappa shape index (κ3) is 4.19. The Bertz CT molecular complexity index is 879. The molecule has 1 aromatic heterocycles. The quantitative estimate of drug-likeness (QED) is 0.676. The van der Waals surface area contributed by atoms with Crippen LogP contribution in [0.1, 0.15) is 22.3 Å². The predicted octanol–water partition coefficient (Wildman–Crippen LogP) is 1.00. The number of ether oxygens (including phenoxy) is 1. The zero-order valence-corrected chi connectivity index (χ0v) is 15.8. The van der Waals surface area contributed by atoms with Crippen LogP contribution in [0.4, 0.5) is 17.5 Å². The largest absolute Gasteiger partial charge is 0.380 e. The molecule has 9 heteroatoms. The summed E-state index contributed by atoms with van der Waals surface area (Å²) in [5, 5.41) is 15.3. The van der Waals surface area contributed by atoms with Crippen LogP contribution in [0.3, 0.4) is 0 Å². The summed E-state index contributed by atoms with van der Waals surface area (Å²) in [6.45, 7) is 1.28. The average molecular weight is 381 g/mol. The SMILES string of the molecule is CN[C@H]1COCC[C@H]1N(C)c1ncc(C(N)=O)c(Nc2ccc(C#N)cc2)n1. The van der Waals surface area contributed by atoms with E-state index in [4.69, 9.17) is 15.7 Å². The molecule has 0 unspecified atom stereocenters. The number of amides is 1. The minimum Gasteiger partial charge on any atom is -0.380 e. The van der Waals surface area contributed by atoms with Gasteiger partial charge >= 0.3 is 0 Å². The molecule has 1 aliphatic heterocycles. The van der Waals surface area contributed by atoms with Crippen molar-refractivity contribution in [2.75, 3.05) is 37.5 Å². The number of nitriles is 1. The van der Waals surface area contributed by atoms with E-state index in [1.54, 1.807) is 24.3 Å². The van der Waals surface area contributed by atoms with Crippen molar-refractivity contribution in [2.45, 2.75) is 18.5 Å². The van der Waals surface area contributed by atoms with Crippen LogP contribution in [0, 0.1) is 11.3 Å². The fourth-order valence-corrected chi connectivity index (χ4v) is 3.20. The van der Waals surface area contributed by atoms with Gasteiger partial charge in [-0.3, -0.25) is 4.79 Å². The zero-order chi connectivity index (χ0) is 20.1. The molecule has 2 atom stereocenters. The van der Waals surface area contributed by atoms with Crippen LogP contribution >= 0.6 is 0 Å². The first kappa shape index (κ1) is 19.5. The van der Waals surface area contributed by atoms with E-state index in [-0.39, 0.29) is 17.6 Å². The number of nitrogens with one attached hydrogen (secondary N) is 2. The molecule has 0 bridgehead atoms. The van der Waals surface area contributed by atoms with Gasteiger partial charge in [-0.15, -0.1) is 0 Å². The molecule has 1 aliphatic rings. The molecule has 28 heavy (non-hydrogen) atoms. The van der Waals surface area contributed by atoms with Crippen LogP contribution in [-0.2, 0) is 4.74 Å². The number of benzene rings is 1. The van der Waals surface area contributed by atoms with Crippen molar-refractivity contribution in [2.24, 2.45) is 5.73 Å². The lowest BCUT2D eigenvalue weighted by Crippen LogP contribution is -2.53. The summed E-state index contributed by atoms with van der Waals surface area (Å²) in [4.78, 5) is 22.7. The molecule has 2 heterocycles. The van der Waals surface area contributed by atoms with Crippen molar-refractivity contribution in [1.29, 1.82) is 5.26 Å². The van der Waals surface area contributed by atoms with Gasteiger partial charge in [0, 0.05) is 25.5 Å². The average Bonchev–Trinajstić information content (AvgIpc) is 2.73. The van der Waals surface area contributed by atoms with E-state index in [0.29, 0.717) is 36.2 Å². The molecular formula is C19H23N7O2. The summed E-state index contributed by atoms with van der Waals surface area (Å²) < 4.78 is 5.54. The smallest absolute Gasteiger partial charge is 0.254 e. The summed E-state index contributed by atoms with van der Waals surface area (Å²) in [6, 6.07) is 9.21. The molecule has 4 N–H and O–H groups in total. The number of aromatic nitrogens is 2. The van der Waals surface area contributed by atoms with Crippen LogP contribution in [0.15, 0.2) is 30.5 Å². The van der Waals surface area contributed by atoms with Crippen molar-refractivity contribution in [3.05, 3.63) is 41.6 Å². The normalized spacial score (nSPS) is 18.9. The minimum absolute atomic E-state index is 0.146. The minimum atomic E-state index is -0.621. The van der Waals surface area contributed by atoms with E-state index in [9.17, 15) is 4.79 Å². The van der Waals surface area contributed by atoms with Gasteiger partial charge in [0.1, 0.15) is 11.4 Å². The number of carbonyl (C=O) groups excluding carboxylic acids is 1. The lowest BCUT2D eigenvalue weighted by atomic mass is 10.0. The lowest BCUT2D eigenvalue weighted by Gasteiger charge is -2.37. The maximum absolute atomic E-state index is 11.8. The molecule has 0 aliphatic carbocycles. The molecule has 0 saturated carbocycles. The van der Waals surface area contributed by atoms with Crippen molar-refractivity contribution in [1.82, 2.24) is 15.3 Å². The second-order valence-electron chi connectivity index (χ2n) is 6.55. The van der Waals surface area contributed by atoms with Crippen LogP contribution in [-0.4, -0.2) is 55.3 Å². The number of hydrogen-bond donors (Lipinski definition) is 3. The number of hydrogen-bond acceptors (Lipinski definition) is 8. The van der Waals surface area contributed by atoms with E-state index in [2.05, 4.69) is 26.7 Å². The number of primary amides is 1. The summed E-state index contributed by atoms with van der Waals surface area (Å²) in [5.74, 6) is 0.180. The maximum Gasteiger partial charge on any atom is 0.254 e. The highest BCUT2D eigenvalue weighted by Crippen LogP contribution is 2.24. The Balaban J connectivity index is 1.90. The summed E-state index contributed by atoms with van der Waals surface area (Å²) in [6.07, 6.45) is 2.27. The van der Waals surface area contributed by atoms with Gasteiger partial charge in [-0.2, -0.15) is 10.2 Å². The molecule has 2 aromatic rings. The monoisotopic (exact) mass is 381 g/mol. The van der Waals surface area contributed by atoms with E-state index >= 15 is 0 Å². The molecule has 146 valence electrons. The maximum atomic E-state index is 11.8. The lowest BCUT2D eigenvalue weighted by molar-refractivity contribution is 0.0600. The molecule has 9 nitrogen and oxygen atoms in total. The van der Waals surface area contributed by atoms with Crippen LogP contribution in [0.25, 0.3) is 0 Å². The predicted molar refractivity (Wildman–Crippen MR) is 105 cm³/mol. The number of carbonyl (C=O) groups is 1. The van der Waals surface area contributed by atoms with Gasteiger partial charge in [0.25, 0.3) is 5.91 Å². The highest BCUT2D eigenvalue weighted by Gasteiger charge is 2.29. The number of nitrogens with zero attached hydrogens (tertiary/aromatic N) is 4. The molecular weight excluding hydrogens is 358 g/mol. The number of anilines is 3. The van der Waals surface area contributed by atoms with E-state index < -0.39 is 5.91 Å². The molecule has 1 fully saturated rings. The Morgan fingerprint density at radius 3 is 2.79 bits per heavy atom. The molecule has 0 radical (unpaired) electrons. The van der Waals surface area contributed by atoms with Gasteiger partial charge in [0.05, 0.1) is 30.3 Å². The van der Waals surface area contributed by atoms with Gasteiger partial charge in [0.15, 0.2) is 0 Å². The first-order valence-corrected chi connectivity index (χ1v) is 8.95. The first-order chi connectivity index (χ1) is 13.5. The Labute approximate surface area is 163 Å². The van der Waals surface area contributed by atoms with Crippen LogP contribution < -0.4 is 21.3 Å². The van der Waals surface area contributed by atoms with Gasteiger partial charge in [0.2, 0.25) is 5.95 Å². The van der Waals surface area contributed by atoms with E-state index in [0.717, 1.165) is 6.42 Å². The summed E-state index contributed by atoms with van der Waals surface area (Å²) in [7, 11) is 3.82. The highest BCUT2D eigenvalue weighted by atomic mass is 16.5. The van der Waals surface area contributed by atoms with Crippen molar-refractivity contribution in [3.8, 4) is 6.07 Å². The molecule has 0 spiro atoms. The first-order valence-electron chi connectivity index (χ1n) is 8.95. The Kier molecular flexibility index (Phi) is 6.03. The third-order valence-corrected chi connectivity index (χ3v) is 4.82. The Morgan fingerprint density at radius 2 is 2.14 bits per heavy atom. The second-order valence-corrected chi connectivity index (χ2v) is 6.55. The van der Waals surface area contributed by atoms with Gasteiger partial charge < -0.3 is 26.0 Å². The van der Waals surface area contributed by atoms with Crippen LogP contribution in [0.5, 0.6) is 0 Å². The van der Waals surface area contributed by atoms with Gasteiger partial charge in [-0.1, -0.05) is 0 Å².